The van der Waals surface area contributed by atoms with Gasteiger partial charge in [0.2, 0.25) is 5.91 Å². The fourth-order valence-corrected chi connectivity index (χ4v) is 4.08. The zero-order chi connectivity index (χ0) is 20.9. The Morgan fingerprint density at radius 3 is 2.47 bits per heavy atom. The first-order chi connectivity index (χ1) is 14.7. The summed E-state index contributed by atoms with van der Waals surface area (Å²) in [6.45, 7) is 1.29. The van der Waals surface area contributed by atoms with Crippen molar-refractivity contribution in [3.05, 3.63) is 77.9 Å². The molecule has 0 radical (unpaired) electrons. The zero-order valence-corrected chi connectivity index (χ0v) is 17.1. The summed E-state index contributed by atoms with van der Waals surface area (Å²) in [6, 6.07) is 21.4. The van der Waals surface area contributed by atoms with Gasteiger partial charge in [0.15, 0.2) is 0 Å². The van der Waals surface area contributed by atoms with Gasteiger partial charge in [-0.3, -0.25) is 9.59 Å². The zero-order valence-electron chi connectivity index (χ0n) is 17.1. The molecule has 0 bridgehead atoms. The fraction of sp³-hybridized carbons (Fsp3) is 0.280. The van der Waals surface area contributed by atoms with Crippen molar-refractivity contribution < 1.29 is 14.3 Å². The van der Waals surface area contributed by atoms with Gasteiger partial charge in [-0.05, 0) is 35.7 Å². The summed E-state index contributed by atoms with van der Waals surface area (Å²) in [4.78, 5) is 27.4. The number of nitrogens with one attached hydrogen (secondary N) is 1. The molecule has 0 aromatic heterocycles. The third-order valence-corrected chi connectivity index (χ3v) is 5.75. The SMILES string of the molecule is COc1ccccc1CC(=O)N1CCC(NC(=O)c2cccc3ccccc23)CC1. The van der Waals surface area contributed by atoms with Crippen LogP contribution in [0.3, 0.4) is 0 Å². The maximum absolute atomic E-state index is 12.8. The molecule has 154 valence electrons. The van der Waals surface area contributed by atoms with Crippen molar-refractivity contribution in [3.8, 4) is 5.75 Å². The summed E-state index contributed by atoms with van der Waals surface area (Å²) >= 11 is 0. The normalized spacial score (nSPS) is 14.5. The predicted octanol–water partition coefficient (Wildman–Crippen LogP) is 3.81. The smallest absolute Gasteiger partial charge is 0.252 e. The molecular formula is C25H26N2O3. The Morgan fingerprint density at radius 1 is 0.967 bits per heavy atom. The summed E-state index contributed by atoms with van der Waals surface area (Å²) in [5, 5.41) is 5.18. The van der Waals surface area contributed by atoms with Gasteiger partial charge in [-0.25, -0.2) is 0 Å². The number of carbonyl (C=O) groups is 2. The van der Waals surface area contributed by atoms with Crippen molar-refractivity contribution in [1.29, 1.82) is 0 Å². The Labute approximate surface area is 176 Å². The molecule has 3 aromatic rings. The molecule has 2 amide bonds. The molecule has 4 rings (SSSR count). The van der Waals surface area contributed by atoms with Crippen LogP contribution in [0.5, 0.6) is 5.75 Å². The molecular weight excluding hydrogens is 376 g/mol. The number of nitrogens with zero attached hydrogens (tertiary/aromatic N) is 1. The maximum atomic E-state index is 12.8. The standard InChI is InChI=1S/C25H26N2O3/c1-30-23-12-5-3-8-19(23)17-24(28)27-15-13-20(14-16-27)26-25(29)22-11-6-9-18-7-2-4-10-21(18)22/h2-12,20H,13-17H2,1H3,(H,26,29). The van der Waals surface area contributed by atoms with Gasteiger partial charge < -0.3 is 15.0 Å². The molecule has 1 saturated heterocycles. The fourth-order valence-electron chi connectivity index (χ4n) is 4.08. The number of para-hydroxylation sites is 1. The molecule has 0 atom stereocenters. The molecule has 1 aliphatic heterocycles. The van der Waals surface area contributed by atoms with Gasteiger partial charge >= 0.3 is 0 Å². The number of piperidine rings is 1. The average molecular weight is 402 g/mol. The van der Waals surface area contributed by atoms with Crippen LogP contribution in [0.2, 0.25) is 0 Å². The van der Waals surface area contributed by atoms with Crippen molar-refractivity contribution in [2.24, 2.45) is 0 Å². The third-order valence-electron chi connectivity index (χ3n) is 5.75. The van der Waals surface area contributed by atoms with E-state index in [1.165, 1.54) is 0 Å². The van der Waals surface area contributed by atoms with Crippen LogP contribution in [0.1, 0.15) is 28.8 Å². The van der Waals surface area contributed by atoms with Crippen LogP contribution in [-0.4, -0.2) is 43.0 Å². The lowest BCUT2D eigenvalue weighted by molar-refractivity contribution is -0.131. The molecule has 1 N–H and O–H groups in total. The number of amides is 2. The molecule has 1 aliphatic rings. The molecule has 3 aromatic carbocycles. The van der Waals surface area contributed by atoms with Crippen LogP contribution >= 0.6 is 0 Å². The van der Waals surface area contributed by atoms with Gasteiger partial charge in [-0.2, -0.15) is 0 Å². The van der Waals surface area contributed by atoms with Crippen molar-refractivity contribution in [1.82, 2.24) is 10.2 Å². The van der Waals surface area contributed by atoms with Crippen LogP contribution in [0, 0.1) is 0 Å². The molecule has 1 heterocycles. The molecule has 5 nitrogen and oxygen atoms in total. The van der Waals surface area contributed by atoms with Gasteiger partial charge in [0.25, 0.3) is 5.91 Å². The number of ether oxygens (including phenoxy) is 1. The quantitative estimate of drug-likeness (QED) is 0.706. The van der Waals surface area contributed by atoms with Gasteiger partial charge in [0.05, 0.1) is 13.5 Å². The van der Waals surface area contributed by atoms with Gasteiger partial charge in [0.1, 0.15) is 5.75 Å². The summed E-state index contributed by atoms with van der Waals surface area (Å²) in [5.41, 5.74) is 1.60. The average Bonchev–Trinajstić information content (AvgIpc) is 2.79. The molecule has 0 spiro atoms. The van der Waals surface area contributed by atoms with Gasteiger partial charge in [-0.15, -0.1) is 0 Å². The molecule has 5 heteroatoms. The number of carbonyl (C=O) groups excluding carboxylic acids is 2. The van der Waals surface area contributed by atoms with Crippen molar-refractivity contribution in [2.45, 2.75) is 25.3 Å². The van der Waals surface area contributed by atoms with E-state index in [0.29, 0.717) is 25.1 Å². The first-order valence-corrected chi connectivity index (χ1v) is 10.3. The highest BCUT2D eigenvalue weighted by Gasteiger charge is 2.25. The lowest BCUT2D eigenvalue weighted by atomic mass is 10.0. The molecule has 1 fully saturated rings. The van der Waals surface area contributed by atoms with E-state index in [9.17, 15) is 9.59 Å². The number of likely N-dealkylation sites (tertiary alicyclic amines) is 1. The van der Waals surface area contributed by atoms with E-state index in [0.717, 1.165) is 34.9 Å². The van der Waals surface area contributed by atoms with Crippen LogP contribution in [0.4, 0.5) is 0 Å². The number of hydrogen-bond donors (Lipinski definition) is 1. The minimum atomic E-state index is -0.0504. The van der Waals surface area contributed by atoms with Crippen molar-refractivity contribution >= 4 is 22.6 Å². The number of hydrogen-bond acceptors (Lipinski definition) is 3. The summed E-state index contributed by atoms with van der Waals surface area (Å²) in [5.74, 6) is 0.784. The summed E-state index contributed by atoms with van der Waals surface area (Å²) in [7, 11) is 1.62. The molecule has 0 saturated carbocycles. The minimum absolute atomic E-state index is 0.0504. The minimum Gasteiger partial charge on any atom is -0.496 e. The highest BCUT2D eigenvalue weighted by Crippen LogP contribution is 2.21. The van der Waals surface area contributed by atoms with Crippen molar-refractivity contribution in [3.63, 3.8) is 0 Å². The monoisotopic (exact) mass is 402 g/mol. The molecule has 0 aliphatic carbocycles. The van der Waals surface area contributed by atoms with Gasteiger partial charge in [0, 0.05) is 30.3 Å². The van der Waals surface area contributed by atoms with Gasteiger partial charge in [-0.1, -0.05) is 54.6 Å². The summed E-state index contributed by atoms with van der Waals surface area (Å²) < 4.78 is 5.35. The van der Waals surface area contributed by atoms with E-state index in [-0.39, 0.29) is 17.9 Å². The highest BCUT2D eigenvalue weighted by atomic mass is 16.5. The van der Waals surface area contributed by atoms with E-state index < -0.39 is 0 Å². The third kappa shape index (κ3) is 4.30. The second-order valence-electron chi connectivity index (χ2n) is 7.64. The van der Waals surface area contributed by atoms with E-state index in [1.807, 2.05) is 71.6 Å². The predicted molar refractivity (Wildman–Crippen MR) is 118 cm³/mol. The second kappa shape index (κ2) is 8.99. The molecule has 0 unspecified atom stereocenters. The van der Waals surface area contributed by atoms with Crippen LogP contribution < -0.4 is 10.1 Å². The number of methoxy groups -OCH3 is 1. The summed E-state index contributed by atoms with van der Waals surface area (Å²) in [6.07, 6.45) is 1.85. The van der Waals surface area contributed by atoms with E-state index in [1.54, 1.807) is 7.11 Å². The molecule has 30 heavy (non-hydrogen) atoms. The Balaban J connectivity index is 1.34. The lowest BCUT2D eigenvalue weighted by Crippen LogP contribution is -2.47. The number of benzene rings is 3. The van der Waals surface area contributed by atoms with E-state index in [4.69, 9.17) is 4.74 Å². The van der Waals surface area contributed by atoms with E-state index >= 15 is 0 Å². The second-order valence-corrected chi connectivity index (χ2v) is 7.64. The van der Waals surface area contributed by atoms with Crippen LogP contribution in [-0.2, 0) is 11.2 Å². The van der Waals surface area contributed by atoms with Crippen LogP contribution in [0.15, 0.2) is 66.7 Å². The largest absolute Gasteiger partial charge is 0.496 e. The maximum Gasteiger partial charge on any atom is 0.252 e. The van der Waals surface area contributed by atoms with Crippen LogP contribution in [0.25, 0.3) is 10.8 Å². The number of fused-ring (bicyclic) bond motifs is 1. The first kappa shape index (κ1) is 20.0. The first-order valence-electron chi connectivity index (χ1n) is 10.3. The number of rotatable bonds is 5. The lowest BCUT2D eigenvalue weighted by Gasteiger charge is -2.32. The highest BCUT2D eigenvalue weighted by molar-refractivity contribution is 6.07. The Bertz CT molecular complexity index is 1050. The topological polar surface area (TPSA) is 58.6 Å². The van der Waals surface area contributed by atoms with Crippen molar-refractivity contribution in [2.75, 3.05) is 20.2 Å². The Kier molecular flexibility index (Phi) is 5.98. The Hall–Kier alpha value is -3.34. The Morgan fingerprint density at radius 2 is 1.67 bits per heavy atom. The van der Waals surface area contributed by atoms with E-state index in [2.05, 4.69) is 5.32 Å².